The molecule has 0 amide bonds. The molecule has 0 atom stereocenters. The van der Waals surface area contributed by atoms with E-state index in [-0.39, 0.29) is 11.4 Å². The van der Waals surface area contributed by atoms with Gasteiger partial charge in [0.15, 0.2) is 0 Å². The molecule has 0 aliphatic rings. The number of aryl methyl sites for hydroxylation is 1. The molecule has 0 aliphatic carbocycles. The molecular formula is C14H9BrF2N2. The first kappa shape index (κ1) is 13.5. The van der Waals surface area contributed by atoms with Crippen molar-refractivity contribution in [3.63, 3.8) is 0 Å². The minimum Gasteiger partial charge on any atom is -0.355 e. The van der Waals surface area contributed by atoms with Gasteiger partial charge in [0.25, 0.3) is 0 Å². The van der Waals surface area contributed by atoms with Crippen molar-refractivity contribution < 1.29 is 8.78 Å². The van der Waals surface area contributed by atoms with Crippen molar-refractivity contribution >= 4 is 27.3 Å². The van der Waals surface area contributed by atoms with Gasteiger partial charge in [-0.05, 0) is 58.7 Å². The maximum Gasteiger partial charge on any atom is 0.143 e. The quantitative estimate of drug-likeness (QED) is 0.873. The molecule has 0 bridgehead atoms. The third-order valence-electron chi connectivity index (χ3n) is 2.64. The van der Waals surface area contributed by atoms with Gasteiger partial charge in [0.1, 0.15) is 17.7 Å². The summed E-state index contributed by atoms with van der Waals surface area (Å²) < 4.78 is 27.1. The second-order valence-electron chi connectivity index (χ2n) is 4.01. The Morgan fingerprint density at radius 2 is 1.89 bits per heavy atom. The molecule has 2 aromatic carbocycles. The predicted octanol–water partition coefficient (Wildman–Crippen LogP) is 4.65. The number of nitrogens with zero attached hydrogens (tertiary/aromatic N) is 1. The lowest BCUT2D eigenvalue weighted by Crippen LogP contribution is -1.96. The molecule has 2 aromatic rings. The lowest BCUT2D eigenvalue weighted by molar-refractivity contribution is 0.620. The van der Waals surface area contributed by atoms with Crippen molar-refractivity contribution in [1.29, 1.82) is 5.26 Å². The molecule has 2 nitrogen and oxygen atoms in total. The highest BCUT2D eigenvalue weighted by Crippen LogP contribution is 2.27. The van der Waals surface area contributed by atoms with E-state index in [1.54, 1.807) is 25.1 Å². The van der Waals surface area contributed by atoms with Gasteiger partial charge in [0, 0.05) is 11.4 Å². The summed E-state index contributed by atoms with van der Waals surface area (Å²) in [7, 11) is 0. The molecule has 2 rings (SSSR count). The first-order valence-electron chi connectivity index (χ1n) is 5.43. The SMILES string of the molecule is Cc1cc(F)c(Br)cc1Nc1ccc(C#N)c(F)c1. The van der Waals surface area contributed by atoms with Gasteiger partial charge in [-0.3, -0.25) is 0 Å². The molecule has 0 radical (unpaired) electrons. The van der Waals surface area contributed by atoms with Gasteiger partial charge < -0.3 is 5.32 Å². The summed E-state index contributed by atoms with van der Waals surface area (Å²) in [4.78, 5) is 0. The lowest BCUT2D eigenvalue weighted by atomic mass is 10.1. The molecule has 1 N–H and O–H groups in total. The Balaban J connectivity index is 2.34. The van der Waals surface area contributed by atoms with Crippen LogP contribution >= 0.6 is 15.9 Å². The average molecular weight is 323 g/mol. The number of nitriles is 1. The van der Waals surface area contributed by atoms with Crippen LogP contribution in [0.25, 0.3) is 0 Å². The fourth-order valence-corrected chi connectivity index (χ4v) is 1.96. The summed E-state index contributed by atoms with van der Waals surface area (Å²) in [5.74, 6) is -0.944. The highest BCUT2D eigenvalue weighted by Gasteiger charge is 2.07. The van der Waals surface area contributed by atoms with Crippen LogP contribution in [-0.4, -0.2) is 0 Å². The van der Waals surface area contributed by atoms with Crippen molar-refractivity contribution in [3.05, 3.63) is 57.6 Å². The Morgan fingerprint density at radius 1 is 1.16 bits per heavy atom. The van der Waals surface area contributed by atoms with Crippen molar-refractivity contribution in [2.45, 2.75) is 6.92 Å². The fraction of sp³-hybridized carbons (Fsp3) is 0.0714. The van der Waals surface area contributed by atoms with Gasteiger partial charge in [-0.2, -0.15) is 5.26 Å². The average Bonchev–Trinajstić information content (AvgIpc) is 2.36. The molecule has 0 aliphatic heterocycles. The maximum atomic E-state index is 13.5. The van der Waals surface area contributed by atoms with E-state index >= 15 is 0 Å². The van der Waals surface area contributed by atoms with E-state index in [4.69, 9.17) is 5.26 Å². The van der Waals surface area contributed by atoms with Crippen LogP contribution in [0.3, 0.4) is 0 Å². The normalized spacial score (nSPS) is 10.1. The van der Waals surface area contributed by atoms with Gasteiger partial charge in [-0.25, -0.2) is 8.78 Å². The zero-order valence-electron chi connectivity index (χ0n) is 9.97. The molecule has 0 saturated heterocycles. The van der Waals surface area contributed by atoms with Crippen molar-refractivity contribution in [3.8, 4) is 6.07 Å². The van der Waals surface area contributed by atoms with E-state index in [9.17, 15) is 8.78 Å². The first-order valence-corrected chi connectivity index (χ1v) is 6.23. The van der Waals surface area contributed by atoms with Gasteiger partial charge in [0.05, 0.1) is 10.0 Å². The molecule has 0 aromatic heterocycles. The van der Waals surface area contributed by atoms with Crippen molar-refractivity contribution in [2.24, 2.45) is 0 Å². The molecular weight excluding hydrogens is 314 g/mol. The van der Waals surface area contributed by atoms with E-state index in [0.717, 1.165) is 0 Å². The summed E-state index contributed by atoms with van der Waals surface area (Å²) in [5, 5.41) is 11.6. The molecule has 0 fully saturated rings. The second-order valence-corrected chi connectivity index (χ2v) is 4.87. The van der Waals surface area contributed by atoms with Crippen molar-refractivity contribution in [1.82, 2.24) is 0 Å². The summed E-state index contributed by atoms with van der Waals surface area (Å²) in [6.45, 7) is 1.75. The molecule has 19 heavy (non-hydrogen) atoms. The monoisotopic (exact) mass is 322 g/mol. The Bertz CT molecular complexity index is 678. The van der Waals surface area contributed by atoms with E-state index in [1.807, 2.05) is 0 Å². The zero-order valence-corrected chi connectivity index (χ0v) is 11.6. The minimum atomic E-state index is -0.591. The molecule has 0 saturated carbocycles. The maximum absolute atomic E-state index is 13.5. The van der Waals surface area contributed by atoms with E-state index in [2.05, 4.69) is 21.2 Å². The Hall–Kier alpha value is -1.93. The number of rotatable bonds is 2. The highest BCUT2D eigenvalue weighted by atomic mass is 79.9. The number of halogens is 3. The number of benzene rings is 2. The van der Waals surface area contributed by atoms with E-state index in [1.165, 1.54) is 18.2 Å². The minimum absolute atomic E-state index is 0.0115. The molecule has 0 heterocycles. The van der Waals surface area contributed by atoms with Gasteiger partial charge in [0.2, 0.25) is 0 Å². The standard InChI is InChI=1S/C14H9BrF2N2/c1-8-4-13(17)11(15)6-14(8)19-10-3-2-9(7-18)12(16)5-10/h2-6,19H,1H3. The van der Waals surface area contributed by atoms with Crippen LogP contribution in [0.4, 0.5) is 20.2 Å². The highest BCUT2D eigenvalue weighted by molar-refractivity contribution is 9.10. The largest absolute Gasteiger partial charge is 0.355 e. The van der Waals surface area contributed by atoms with E-state index in [0.29, 0.717) is 21.4 Å². The topological polar surface area (TPSA) is 35.8 Å². The van der Waals surface area contributed by atoms with Crippen LogP contribution < -0.4 is 5.32 Å². The summed E-state index contributed by atoms with van der Waals surface area (Å²) in [6.07, 6.45) is 0. The summed E-state index contributed by atoms with van der Waals surface area (Å²) >= 11 is 3.10. The molecule has 0 spiro atoms. The van der Waals surface area contributed by atoms with Crippen molar-refractivity contribution in [2.75, 3.05) is 5.32 Å². The van der Waals surface area contributed by atoms with Crippen LogP contribution in [-0.2, 0) is 0 Å². The first-order chi connectivity index (χ1) is 9.01. The Kier molecular flexibility index (Phi) is 3.82. The number of nitrogens with one attached hydrogen (secondary N) is 1. The van der Waals surface area contributed by atoms with Crippen LogP contribution in [0, 0.1) is 29.9 Å². The number of hydrogen-bond donors (Lipinski definition) is 1. The fourth-order valence-electron chi connectivity index (χ4n) is 1.62. The van der Waals surface area contributed by atoms with Crippen LogP contribution in [0.5, 0.6) is 0 Å². The van der Waals surface area contributed by atoms with Crippen LogP contribution in [0.2, 0.25) is 0 Å². The Labute approximate surface area is 117 Å². The lowest BCUT2D eigenvalue weighted by Gasteiger charge is -2.11. The van der Waals surface area contributed by atoms with Gasteiger partial charge >= 0.3 is 0 Å². The molecule has 5 heteroatoms. The number of hydrogen-bond acceptors (Lipinski definition) is 2. The van der Waals surface area contributed by atoms with Gasteiger partial charge in [-0.15, -0.1) is 0 Å². The number of anilines is 2. The summed E-state index contributed by atoms with van der Waals surface area (Å²) in [6, 6.07) is 8.94. The predicted molar refractivity (Wildman–Crippen MR) is 73.2 cm³/mol. The summed E-state index contributed by atoms with van der Waals surface area (Å²) in [5.41, 5.74) is 1.85. The Morgan fingerprint density at radius 3 is 2.53 bits per heavy atom. The van der Waals surface area contributed by atoms with Crippen LogP contribution in [0.15, 0.2) is 34.8 Å². The van der Waals surface area contributed by atoms with E-state index < -0.39 is 5.82 Å². The smallest absolute Gasteiger partial charge is 0.143 e. The third kappa shape index (κ3) is 2.91. The zero-order chi connectivity index (χ0) is 14.0. The van der Waals surface area contributed by atoms with Gasteiger partial charge in [-0.1, -0.05) is 0 Å². The van der Waals surface area contributed by atoms with Crippen LogP contribution in [0.1, 0.15) is 11.1 Å². The second kappa shape index (κ2) is 5.37. The molecule has 96 valence electrons. The third-order valence-corrected chi connectivity index (χ3v) is 3.24. The molecule has 0 unspecified atom stereocenters.